The first kappa shape index (κ1) is 21.9. The van der Waals surface area contributed by atoms with E-state index in [9.17, 15) is 4.79 Å². The van der Waals surface area contributed by atoms with Gasteiger partial charge < -0.3 is 19.3 Å². The fraction of sp³-hybridized carbons (Fsp3) is 0.583. The molecule has 2 saturated heterocycles. The number of hydrogen-bond donors (Lipinski definition) is 0. The first-order valence-electron chi connectivity index (χ1n) is 11.8. The minimum absolute atomic E-state index is 0.159. The van der Waals surface area contributed by atoms with Crippen molar-refractivity contribution in [3.8, 4) is 17.1 Å². The standard InChI is InChI=1S/C24H32N6O3/c1-3-33-23(31)30-16-24(17-30)7-6-18(13-24)28-9-11-29(12-10-28)22-19(5-4-8-25-22)20-14-27-21(32-2)15-26-20/h4-5,8,14-15,18H,3,6-7,9-13,16-17H2,1-2H3. The Balaban J connectivity index is 1.18. The predicted molar refractivity (Wildman–Crippen MR) is 124 cm³/mol. The van der Waals surface area contributed by atoms with E-state index in [0.29, 0.717) is 23.9 Å². The number of pyridine rings is 1. The number of rotatable bonds is 5. The van der Waals surface area contributed by atoms with Gasteiger partial charge in [-0.1, -0.05) is 0 Å². The number of methoxy groups -OCH3 is 1. The van der Waals surface area contributed by atoms with Gasteiger partial charge in [-0.3, -0.25) is 4.90 Å². The van der Waals surface area contributed by atoms with Crippen LogP contribution in [0.15, 0.2) is 30.7 Å². The van der Waals surface area contributed by atoms with Gasteiger partial charge in [-0.15, -0.1) is 0 Å². The average Bonchev–Trinajstić information content (AvgIpc) is 3.30. The average molecular weight is 453 g/mol. The molecule has 1 atom stereocenters. The van der Waals surface area contributed by atoms with Gasteiger partial charge in [-0.05, 0) is 38.3 Å². The van der Waals surface area contributed by atoms with E-state index >= 15 is 0 Å². The van der Waals surface area contributed by atoms with Crippen LogP contribution in [0.3, 0.4) is 0 Å². The maximum absolute atomic E-state index is 11.9. The Bertz CT molecular complexity index is 970. The van der Waals surface area contributed by atoms with Crippen LogP contribution in [0.4, 0.5) is 10.6 Å². The van der Waals surface area contributed by atoms with Gasteiger partial charge in [0.15, 0.2) is 0 Å². The van der Waals surface area contributed by atoms with Crippen molar-refractivity contribution < 1.29 is 14.3 Å². The van der Waals surface area contributed by atoms with Crippen molar-refractivity contribution >= 4 is 11.9 Å². The molecule has 0 aromatic carbocycles. The third-order valence-corrected chi connectivity index (χ3v) is 7.29. The molecule has 5 rings (SSSR count). The lowest BCUT2D eigenvalue weighted by molar-refractivity contribution is -0.00294. The number of nitrogens with zero attached hydrogens (tertiary/aromatic N) is 6. The van der Waals surface area contributed by atoms with E-state index in [1.54, 1.807) is 19.5 Å². The van der Waals surface area contributed by atoms with Crippen LogP contribution >= 0.6 is 0 Å². The molecule has 1 amide bonds. The summed E-state index contributed by atoms with van der Waals surface area (Å²) in [5.41, 5.74) is 2.10. The number of piperazine rings is 1. The first-order chi connectivity index (χ1) is 16.1. The number of hydrogen-bond acceptors (Lipinski definition) is 8. The van der Waals surface area contributed by atoms with Gasteiger partial charge >= 0.3 is 6.09 Å². The quantitative estimate of drug-likeness (QED) is 0.685. The fourth-order valence-corrected chi connectivity index (χ4v) is 5.59. The molecule has 3 fully saturated rings. The third-order valence-electron chi connectivity index (χ3n) is 7.29. The molecular formula is C24H32N6O3. The summed E-state index contributed by atoms with van der Waals surface area (Å²) in [7, 11) is 1.59. The van der Waals surface area contributed by atoms with Crippen molar-refractivity contribution in [2.75, 3.05) is 57.9 Å². The molecule has 1 unspecified atom stereocenters. The van der Waals surface area contributed by atoms with E-state index in [2.05, 4.69) is 30.8 Å². The summed E-state index contributed by atoms with van der Waals surface area (Å²) >= 11 is 0. The molecule has 4 heterocycles. The highest BCUT2D eigenvalue weighted by Gasteiger charge is 2.51. The summed E-state index contributed by atoms with van der Waals surface area (Å²) < 4.78 is 10.3. The fourth-order valence-electron chi connectivity index (χ4n) is 5.59. The molecule has 2 aromatic heterocycles. The van der Waals surface area contributed by atoms with Crippen molar-refractivity contribution in [2.24, 2.45) is 5.41 Å². The Morgan fingerprint density at radius 2 is 1.97 bits per heavy atom. The van der Waals surface area contributed by atoms with Crippen LogP contribution in [0.1, 0.15) is 26.2 Å². The van der Waals surface area contributed by atoms with Gasteiger partial charge in [-0.2, -0.15) is 0 Å². The van der Waals surface area contributed by atoms with Gasteiger partial charge in [0.2, 0.25) is 5.88 Å². The van der Waals surface area contributed by atoms with Gasteiger partial charge in [0.25, 0.3) is 0 Å². The van der Waals surface area contributed by atoms with E-state index in [4.69, 9.17) is 9.47 Å². The van der Waals surface area contributed by atoms with Crippen molar-refractivity contribution in [2.45, 2.75) is 32.2 Å². The highest BCUT2D eigenvalue weighted by atomic mass is 16.6. The number of anilines is 1. The second-order valence-corrected chi connectivity index (χ2v) is 9.29. The lowest BCUT2D eigenvalue weighted by atomic mass is 9.78. The van der Waals surface area contributed by atoms with Crippen LogP contribution < -0.4 is 9.64 Å². The molecular weight excluding hydrogens is 420 g/mol. The highest BCUT2D eigenvalue weighted by Crippen LogP contribution is 2.47. The molecule has 2 aromatic rings. The number of likely N-dealkylation sites (tertiary alicyclic amines) is 1. The maximum atomic E-state index is 11.9. The molecule has 176 valence electrons. The van der Waals surface area contributed by atoms with Gasteiger partial charge in [0.1, 0.15) is 5.82 Å². The number of carbonyl (C=O) groups is 1. The molecule has 0 radical (unpaired) electrons. The predicted octanol–water partition coefficient (Wildman–Crippen LogP) is 2.68. The normalized spacial score (nSPS) is 22.3. The number of ether oxygens (including phenoxy) is 2. The van der Waals surface area contributed by atoms with Crippen molar-refractivity contribution in [3.63, 3.8) is 0 Å². The summed E-state index contributed by atoms with van der Waals surface area (Å²) in [5, 5.41) is 0. The molecule has 33 heavy (non-hydrogen) atoms. The first-order valence-corrected chi connectivity index (χ1v) is 11.8. The third kappa shape index (κ3) is 4.34. The minimum atomic E-state index is -0.159. The van der Waals surface area contributed by atoms with E-state index in [-0.39, 0.29) is 6.09 Å². The Kier molecular flexibility index (Phi) is 6.05. The van der Waals surface area contributed by atoms with Crippen molar-refractivity contribution in [1.82, 2.24) is 24.8 Å². The molecule has 0 bridgehead atoms. The summed E-state index contributed by atoms with van der Waals surface area (Å²) in [6, 6.07) is 4.60. The van der Waals surface area contributed by atoms with E-state index in [1.165, 1.54) is 19.3 Å². The van der Waals surface area contributed by atoms with Crippen LogP contribution in [0, 0.1) is 5.41 Å². The minimum Gasteiger partial charge on any atom is -0.480 e. The Labute approximate surface area is 194 Å². The largest absolute Gasteiger partial charge is 0.480 e. The zero-order valence-corrected chi connectivity index (χ0v) is 19.4. The molecule has 1 spiro atoms. The summed E-state index contributed by atoms with van der Waals surface area (Å²) in [5.74, 6) is 1.47. The monoisotopic (exact) mass is 452 g/mol. The number of amides is 1. The van der Waals surface area contributed by atoms with Crippen molar-refractivity contribution in [1.29, 1.82) is 0 Å². The SMILES string of the molecule is CCOC(=O)N1CC2(CCC(N3CCN(c4ncccc4-c4cnc(OC)cn4)CC3)C2)C1. The Morgan fingerprint density at radius 3 is 2.67 bits per heavy atom. The lowest BCUT2D eigenvalue weighted by Crippen LogP contribution is -2.58. The van der Waals surface area contributed by atoms with E-state index < -0.39 is 0 Å². The molecule has 1 aliphatic carbocycles. The Morgan fingerprint density at radius 1 is 1.15 bits per heavy atom. The maximum Gasteiger partial charge on any atom is 0.409 e. The number of aromatic nitrogens is 3. The van der Waals surface area contributed by atoms with Crippen LogP contribution in [-0.4, -0.2) is 89.9 Å². The summed E-state index contributed by atoms with van der Waals surface area (Å²) in [6.45, 7) is 7.91. The van der Waals surface area contributed by atoms with Gasteiger partial charge in [-0.25, -0.2) is 19.7 Å². The van der Waals surface area contributed by atoms with Crippen LogP contribution in [0.5, 0.6) is 5.88 Å². The topological polar surface area (TPSA) is 83.9 Å². The lowest BCUT2D eigenvalue weighted by Gasteiger charge is -2.48. The van der Waals surface area contributed by atoms with E-state index in [0.717, 1.165) is 56.3 Å². The van der Waals surface area contributed by atoms with Crippen LogP contribution in [0.2, 0.25) is 0 Å². The Hall–Kier alpha value is -2.94. The summed E-state index contributed by atoms with van der Waals surface area (Å²) in [6.07, 6.45) is 8.66. The zero-order valence-electron chi connectivity index (χ0n) is 19.4. The smallest absolute Gasteiger partial charge is 0.409 e. The second-order valence-electron chi connectivity index (χ2n) is 9.29. The van der Waals surface area contributed by atoms with Crippen molar-refractivity contribution in [3.05, 3.63) is 30.7 Å². The molecule has 2 aliphatic heterocycles. The van der Waals surface area contributed by atoms with Gasteiger partial charge in [0.05, 0.1) is 31.8 Å². The molecule has 1 saturated carbocycles. The van der Waals surface area contributed by atoms with Crippen LogP contribution in [-0.2, 0) is 4.74 Å². The second kappa shape index (κ2) is 9.13. The summed E-state index contributed by atoms with van der Waals surface area (Å²) in [4.78, 5) is 32.3. The van der Waals surface area contributed by atoms with Crippen LogP contribution in [0.25, 0.3) is 11.3 Å². The molecule has 0 N–H and O–H groups in total. The van der Waals surface area contributed by atoms with E-state index in [1.807, 2.05) is 24.1 Å². The zero-order chi connectivity index (χ0) is 22.8. The molecule has 3 aliphatic rings. The van der Waals surface area contributed by atoms with Gasteiger partial charge in [0, 0.05) is 62.5 Å². The highest BCUT2D eigenvalue weighted by molar-refractivity contribution is 5.73. The number of carbonyl (C=O) groups excluding carboxylic acids is 1. The molecule has 9 nitrogen and oxygen atoms in total. The molecule has 9 heteroatoms.